The lowest BCUT2D eigenvalue weighted by Crippen LogP contribution is -2.31. The number of imidazole rings is 1. The van der Waals surface area contributed by atoms with Gasteiger partial charge in [-0.2, -0.15) is 0 Å². The average molecular weight is 482 g/mol. The molecule has 0 spiro atoms. The molecule has 0 saturated heterocycles. The van der Waals surface area contributed by atoms with Crippen LogP contribution in [0, 0.1) is 0 Å². The van der Waals surface area contributed by atoms with Gasteiger partial charge in [-0.15, -0.1) is 0 Å². The topological polar surface area (TPSA) is 106 Å². The number of likely N-dealkylation sites (N-methyl/N-ethyl adjacent to an activating group) is 1. The summed E-state index contributed by atoms with van der Waals surface area (Å²) in [4.78, 5) is 18.3. The highest BCUT2D eigenvalue weighted by molar-refractivity contribution is 5.69. The van der Waals surface area contributed by atoms with Gasteiger partial charge < -0.3 is 33.9 Å². The van der Waals surface area contributed by atoms with Gasteiger partial charge in [0.05, 0.1) is 18.6 Å². The van der Waals surface area contributed by atoms with E-state index in [-0.39, 0.29) is 23.9 Å². The molecule has 2 unspecified atom stereocenters. The minimum atomic E-state index is -0.731. The van der Waals surface area contributed by atoms with Gasteiger partial charge in [-0.25, -0.2) is 4.98 Å². The summed E-state index contributed by atoms with van der Waals surface area (Å²) in [7, 11) is 4.02. The molecule has 3 aromatic rings. The summed E-state index contributed by atoms with van der Waals surface area (Å²) in [5.74, 6) is 0.512. The fraction of sp³-hybridized carbons (Fsp3) is 0.385. The van der Waals surface area contributed by atoms with E-state index in [1.165, 1.54) is 12.1 Å². The Morgan fingerprint density at radius 2 is 1.91 bits per heavy atom. The third-order valence-corrected chi connectivity index (χ3v) is 5.81. The molecule has 1 aliphatic rings. The minimum absolute atomic E-state index is 0.201. The Balaban J connectivity index is 1.57. The van der Waals surface area contributed by atoms with Crippen LogP contribution in [-0.4, -0.2) is 64.2 Å². The second-order valence-corrected chi connectivity index (χ2v) is 8.75. The van der Waals surface area contributed by atoms with Crippen molar-refractivity contribution < 1.29 is 29.2 Å². The fourth-order valence-corrected chi connectivity index (χ4v) is 3.97. The van der Waals surface area contributed by atoms with E-state index >= 15 is 0 Å². The van der Waals surface area contributed by atoms with Crippen molar-refractivity contribution >= 4 is 5.97 Å². The molecule has 35 heavy (non-hydrogen) atoms. The molecule has 2 aromatic carbocycles. The van der Waals surface area contributed by atoms with Crippen LogP contribution in [0.3, 0.4) is 0 Å². The number of benzene rings is 2. The number of aromatic hydroxyl groups is 2. The van der Waals surface area contributed by atoms with E-state index < -0.39 is 12.3 Å². The molecule has 1 aliphatic heterocycles. The molecular weight excluding hydrogens is 450 g/mol. The van der Waals surface area contributed by atoms with Gasteiger partial charge in [0, 0.05) is 25.6 Å². The molecule has 0 fully saturated rings. The maximum absolute atomic E-state index is 11.7. The van der Waals surface area contributed by atoms with Crippen LogP contribution in [0.4, 0.5) is 0 Å². The largest absolute Gasteiger partial charge is 0.504 e. The lowest BCUT2D eigenvalue weighted by atomic mass is 10.1. The SMILES string of the molecule is CCOC(=O)CCc1ccc2c(c1)OC(C(c1ccc(O)c(O)c1)n1cnc(CCN(C)C)c1)O2. The predicted molar refractivity (Wildman–Crippen MR) is 129 cm³/mol. The summed E-state index contributed by atoms with van der Waals surface area (Å²) in [5.41, 5.74) is 2.55. The van der Waals surface area contributed by atoms with Crippen LogP contribution in [0.2, 0.25) is 0 Å². The van der Waals surface area contributed by atoms with Crippen LogP contribution >= 0.6 is 0 Å². The number of hydrogen-bond donors (Lipinski definition) is 2. The Kier molecular flexibility index (Phi) is 7.45. The first-order valence-corrected chi connectivity index (χ1v) is 11.6. The molecule has 2 N–H and O–H groups in total. The van der Waals surface area contributed by atoms with Crippen LogP contribution in [0.1, 0.15) is 36.2 Å². The van der Waals surface area contributed by atoms with Crippen LogP contribution in [0.25, 0.3) is 0 Å². The first kappa shape index (κ1) is 24.4. The number of phenolic OH excluding ortho intramolecular Hbond substituents is 2. The number of aromatic nitrogens is 2. The number of nitrogens with zero attached hydrogens (tertiary/aromatic N) is 3. The summed E-state index contributed by atoms with van der Waals surface area (Å²) in [6.45, 7) is 3.01. The Hall–Kier alpha value is -3.72. The van der Waals surface area contributed by atoms with Crippen molar-refractivity contribution in [2.24, 2.45) is 0 Å². The molecule has 186 valence electrons. The van der Waals surface area contributed by atoms with Crippen molar-refractivity contribution in [2.75, 3.05) is 27.2 Å². The van der Waals surface area contributed by atoms with Crippen molar-refractivity contribution in [3.8, 4) is 23.0 Å². The zero-order valence-electron chi connectivity index (χ0n) is 20.2. The number of carbonyl (C=O) groups is 1. The van der Waals surface area contributed by atoms with E-state index in [0.29, 0.717) is 30.1 Å². The zero-order chi connectivity index (χ0) is 24.9. The minimum Gasteiger partial charge on any atom is -0.504 e. The zero-order valence-corrected chi connectivity index (χ0v) is 20.2. The number of aryl methyl sites for hydroxylation is 1. The van der Waals surface area contributed by atoms with Crippen molar-refractivity contribution in [1.29, 1.82) is 0 Å². The van der Waals surface area contributed by atoms with E-state index in [1.54, 1.807) is 19.3 Å². The summed E-state index contributed by atoms with van der Waals surface area (Å²) in [5, 5.41) is 20.0. The third-order valence-electron chi connectivity index (χ3n) is 5.81. The molecule has 4 rings (SSSR count). The molecule has 0 saturated carbocycles. The van der Waals surface area contributed by atoms with Gasteiger partial charge in [-0.1, -0.05) is 12.1 Å². The lowest BCUT2D eigenvalue weighted by Gasteiger charge is -2.24. The first-order valence-electron chi connectivity index (χ1n) is 11.6. The quantitative estimate of drug-likeness (QED) is 0.336. The van der Waals surface area contributed by atoms with Crippen LogP contribution in [-0.2, 0) is 22.4 Å². The van der Waals surface area contributed by atoms with Crippen LogP contribution in [0.15, 0.2) is 48.9 Å². The summed E-state index contributed by atoms with van der Waals surface area (Å²) in [6, 6.07) is 9.80. The van der Waals surface area contributed by atoms with Gasteiger partial charge >= 0.3 is 5.97 Å². The van der Waals surface area contributed by atoms with Crippen molar-refractivity contribution in [3.05, 3.63) is 65.7 Å². The normalized spacial score (nSPS) is 15.4. The monoisotopic (exact) mass is 481 g/mol. The molecule has 0 bridgehead atoms. The standard InChI is InChI=1S/C26H31N3O6/c1-4-33-24(32)10-6-17-5-9-22-23(13-17)35-26(34-22)25(18-7-8-20(30)21(31)14-18)29-15-19(27-16-29)11-12-28(2)3/h5,7-9,13-16,25-26,30-31H,4,6,10-12H2,1-3H3. The van der Waals surface area contributed by atoms with Gasteiger partial charge in [0.15, 0.2) is 23.0 Å². The summed E-state index contributed by atoms with van der Waals surface area (Å²) >= 11 is 0. The number of phenols is 2. The van der Waals surface area contributed by atoms with Gasteiger partial charge in [0.1, 0.15) is 6.04 Å². The first-order chi connectivity index (χ1) is 16.8. The molecule has 0 amide bonds. The van der Waals surface area contributed by atoms with E-state index in [0.717, 1.165) is 24.2 Å². The summed E-state index contributed by atoms with van der Waals surface area (Å²) < 4.78 is 19.3. The predicted octanol–water partition coefficient (Wildman–Crippen LogP) is 3.28. The van der Waals surface area contributed by atoms with E-state index in [1.807, 2.05) is 43.1 Å². The number of fused-ring (bicyclic) bond motifs is 1. The highest BCUT2D eigenvalue weighted by Gasteiger charge is 2.35. The number of hydrogen-bond acceptors (Lipinski definition) is 8. The Morgan fingerprint density at radius 1 is 1.11 bits per heavy atom. The molecule has 2 heterocycles. The second kappa shape index (κ2) is 10.7. The molecule has 9 nitrogen and oxygen atoms in total. The Morgan fingerprint density at radius 3 is 2.66 bits per heavy atom. The molecular formula is C26H31N3O6. The van der Waals surface area contributed by atoms with Crippen molar-refractivity contribution in [3.63, 3.8) is 0 Å². The molecule has 0 radical (unpaired) electrons. The second-order valence-electron chi connectivity index (χ2n) is 8.75. The molecule has 2 atom stereocenters. The maximum atomic E-state index is 11.7. The Labute approximate surface area is 204 Å². The third kappa shape index (κ3) is 5.86. The van der Waals surface area contributed by atoms with Crippen molar-refractivity contribution in [1.82, 2.24) is 14.5 Å². The van der Waals surface area contributed by atoms with E-state index in [4.69, 9.17) is 14.2 Å². The van der Waals surface area contributed by atoms with E-state index in [2.05, 4.69) is 9.88 Å². The molecule has 1 aromatic heterocycles. The summed E-state index contributed by atoms with van der Waals surface area (Å²) in [6.07, 6.45) is 4.54. The van der Waals surface area contributed by atoms with Crippen molar-refractivity contribution in [2.45, 2.75) is 38.5 Å². The van der Waals surface area contributed by atoms with E-state index in [9.17, 15) is 15.0 Å². The van der Waals surface area contributed by atoms with Gasteiger partial charge in [-0.05, 0) is 62.8 Å². The maximum Gasteiger partial charge on any atom is 0.306 e. The van der Waals surface area contributed by atoms with Gasteiger partial charge in [0.2, 0.25) is 0 Å². The van der Waals surface area contributed by atoms with Gasteiger partial charge in [-0.3, -0.25) is 4.79 Å². The number of ether oxygens (including phenoxy) is 3. The highest BCUT2D eigenvalue weighted by atomic mass is 16.7. The molecule has 0 aliphatic carbocycles. The molecule has 9 heteroatoms. The smallest absolute Gasteiger partial charge is 0.306 e. The number of carbonyl (C=O) groups excluding carboxylic acids is 1. The van der Waals surface area contributed by atoms with Gasteiger partial charge in [0.25, 0.3) is 6.29 Å². The highest BCUT2D eigenvalue weighted by Crippen LogP contribution is 2.41. The number of rotatable bonds is 10. The van der Waals surface area contributed by atoms with Crippen LogP contribution < -0.4 is 9.47 Å². The number of esters is 1. The average Bonchev–Trinajstić information content (AvgIpc) is 3.46. The lowest BCUT2D eigenvalue weighted by molar-refractivity contribution is -0.143. The van der Waals surface area contributed by atoms with Crippen LogP contribution in [0.5, 0.6) is 23.0 Å². The fourth-order valence-electron chi connectivity index (χ4n) is 3.97. The Bertz CT molecular complexity index is 1180.